The summed E-state index contributed by atoms with van der Waals surface area (Å²) in [6.07, 6.45) is -0.582. The molecule has 6 nitrogen and oxygen atoms in total. The van der Waals surface area contributed by atoms with Crippen LogP contribution in [-0.2, 0) is 14.3 Å². The molecule has 18 heavy (non-hydrogen) atoms. The summed E-state index contributed by atoms with van der Waals surface area (Å²) in [4.78, 5) is 23.0. The Labute approximate surface area is 107 Å². The van der Waals surface area contributed by atoms with E-state index in [1.54, 1.807) is 20.8 Å². The quantitative estimate of drug-likeness (QED) is 0.603. The molecule has 0 aromatic rings. The summed E-state index contributed by atoms with van der Waals surface area (Å²) in [5.74, 6) is -1.25. The lowest BCUT2D eigenvalue weighted by Crippen LogP contribution is -2.48. The minimum absolute atomic E-state index is 0.151. The molecule has 0 amide bonds. The van der Waals surface area contributed by atoms with Crippen molar-refractivity contribution in [1.29, 1.82) is 0 Å². The average molecular weight is 259 g/mol. The van der Waals surface area contributed by atoms with Crippen LogP contribution < -0.4 is 0 Å². The van der Waals surface area contributed by atoms with Crippen LogP contribution in [-0.4, -0.2) is 40.1 Å². The average Bonchev–Trinajstić information content (AvgIpc) is 2.39. The first-order valence-corrected chi connectivity index (χ1v) is 6.00. The Kier molecular flexibility index (Phi) is 4.02. The molecule has 0 unspecified atom stereocenters. The highest BCUT2D eigenvalue weighted by molar-refractivity contribution is 5.84. The van der Waals surface area contributed by atoms with Crippen LogP contribution >= 0.6 is 0 Å². The molecule has 0 aromatic heterocycles. The smallest absolute Gasteiger partial charge is 0.434 e. The van der Waals surface area contributed by atoms with Gasteiger partial charge in [-0.05, 0) is 41.0 Å². The summed E-state index contributed by atoms with van der Waals surface area (Å²) in [5.41, 5.74) is -1.32. The Morgan fingerprint density at radius 1 is 1.33 bits per heavy atom. The summed E-state index contributed by atoms with van der Waals surface area (Å²) < 4.78 is 9.18. The van der Waals surface area contributed by atoms with Gasteiger partial charge >= 0.3 is 12.1 Å². The van der Waals surface area contributed by atoms with Gasteiger partial charge in [-0.15, -0.1) is 0 Å². The van der Waals surface area contributed by atoms with E-state index in [-0.39, 0.29) is 6.61 Å². The van der Waals surface area contributed by atoms with Crippen molar-refractivity contribution in [3.8, 4) is 0 Å². The second-order valence-electron chi connectivity index (χ2n) is 5.64. The van der Waals surface area contributed by atoms with Crippen molar-refractivity contribution in [2.45, 2.75) is 52.1 Å². The third-order valence-electron chi connectivity index (χ3n) is 3.41. The zero-order valence-electron chi connectivity index (χ0n) is 11.5. The molecule has 1 aliphatic rings. The number of ether oxygens (including phenoxy) is 2. The molecule has 1 heterocycles. The predicted molar refractivity (Wildman–Crippen MR) is 63.0 cm³/mol. The molecule has 0 radical (unpaired) electrons. The number of esters is 1. The third-order valence-corrected chi connectivity index (χ3v) is 3.41. The van der Waals surface area contributed by atoms with E-state index in [9.17, 15) is 14.8 Å². The highest BCUT2D eigenvalue weighted by Crippen LogP contribution is 2.43. The van der Waals surface area contributed by atoms with Gasteiger partial charge in [0.15, 0.2) is 0 Å². The first-order chi connectivity index (χ1) is 8.13. The van der Waals surface area contributed by atoms with E-state index in [0.29, 0.717) is 6.42 Å². The van der Waals surface area contributed by atoms with E-state index in [2.05, 4.69) is 9.47 Å². The van der Waals surface area contributed by atoms with Gasteiger partial charge in [0.05, 0.1) is 18.1 Å². The fraction of sp³-hybridized carbons (Fsp3) is 0.833. The van der Waals surface area contributed by atoms with Crippen molar-refractivity contribution in [2.75, 3.05) is 6.61 Å². The first-order valence-electron chi connectivity index (χ1n) is 6.00. The number of nitrogens with zero attached hydrogens (tertiary/aromatic N) is 1. The number of hydrogen-bond donors (Lipinski definition) is 1. The molecule has 0 saturated carbocycles. The molecule has 1 atom stereocenters. The zero-order chi connectivity index (χ0) is 14.1. The van der Waals surface area contributed by atoms with Gasteiger partial charge in [-0.3, -0.25) is 4.79 Å². The molecule has 0 aromatic carbocycles. The minimum Gasteiger partial charge on any atom is -0.434 e. The lowest BCUT2D eigenvalue weighted by molar-refractivity contribution is -0.199. The molecule has 1 aliphatic heterocycles. The zero-order valence-corrected chi connectivity index (χ0v) is 11.5. The van der Waals surface area contributed by atoms with Gasteiger partial charge in [0.25, 0.3) is 0 Å². The van der Waals surface area contributed by atoms with Gasteiger partial charge in [0, 0.05) is 5.54 Å². The highest BCUT2D eigenvalue weighted by Gasteiger charge is 2.55. The molecular weight excluding hydrogens is 238 g/mol. The number of hydroxylamine groups is 2. The van der Waals surface area contributed by atoms with E-state index < -0.39 is 29.1 Å². The van der Waals surface area contributed by atoms with Crippen LogP contribution in [0.2, 0.25) is 0 Å². The van der Waals surface area contributed by atoms with Gasteiger partial charge in [-0.25, -0.2) is 4.79 Å². The minimum atomic E-state index is -0.993. The Balaban J connectivity index is 2.78. The van der Waals surface area contributed by atoms with Gasteiger partial charge < -0.3 is 14.7 Å². The van der Waals surface area contributed by atoms with Crippen molar-refractivity contribution in [1.82, 2.24) is 5.06 Å². The molecule has 6 heteroatoms. The van der Waals surface area contributed by atoms with Gasteiger partial charge in [-0.1, -0.05) is 0 Å². The van der Waals surface area contributed by atoms with Crippen LogP contribution in [0.3, 0.4) is 0 Å². The van der Waals surface area contributed by atoms with Crippen molar-refractivity contribution < 1.29 is 24.3 Å². The monoisotopic (exact) mass is 259 g/mol. The first kappa shape index (κ1) is 14.9. The molecular formula is C12H21NO5. The predicted octanol–water partition coefficient (Wildman–Crippen LogP) is 1.95. The Hall–Kier alpha value is -1.14. The summed E-state index contributed by atoms with van der Waals surface area (Å²) in [6.45, 7) is 8.90. The number of rotatable bonds is 2. The van der Waals surface area contributed by atoms with Crippen molar-refractivity contribution in [2.24, 2.45) is 5.92 Å². The summed E-state index contributed by atoms with van der Waals surface area (Å²) in [6, 6.07) is 0. The van der Waals surface area contributed by atoms with Crippen LogP contribution in [0.1, 0.15) is 41.0 Å². The number of carbonyl (C=O) groups is 2. The molecule has 104 valence electrons. The Bertz CT molecular complexity index is 350. The highest BCUT2D eigenvalue weighted by atomic mass is 16.7. The van der Waals surface area contributed by atoms with E-state index in [1.165, 1.54) is 0 Å². The Morgan fingerprint density at radius 2 is 1.89 bits per heavy atom. The number of hydrogen-bond acceptors (Lipinski definition) is 6. The Morgan fingerprint density at radius 3 is 2.28 bits per heavy atom. The van der Waals surface area contributed by atoms with Crippen LogP contribution in [0.25, 0.3) is 0 Å². The SMILES string of the molecule is CCOC(=O)OC(=O)[C@@H]1CC(C)(C)N(O)C1(C)C. The van der Waals surface area contributed by atoms with Crippen molar-refractivity contribution in [3.05, 3.63) is 0 Å². The summed E-state index contributed by atoms with van der Waals surface area (Å²) in [7, 11) is 0. The number of carbonyl (C=O) groups excluding carboxylic acids is 2. The van der Waals surface area contributed by atoms with Crippen LogP contribution in [0.15, 0.2) is 0 Å². The largest absolute Gasteiger partial charge is 0.516 e. The standard InChI is InChI=1S/C12H21NO5/c1-6-17-10(15)18-9(14)8-7-11(2,3)13(16)12(8,4)5/h8,16H,6-7H2,1-5H3/t8-/m0/s1. The van der Waals surface area contributed by atoms with Crippen molar-refractivity contribution >= 4 is 12.1 Å². The van der Waals surface area contributed by atoms with E-state index in [4.69, 9.17) is 0 Å². The van der Waals surface area contributed by atoms with Crippen LogP contribution in [0.4, 0.5) is 4.79 Å². The van der Waals surface area contributed by atoms with E-state index >= 15 is 0 Å². The maximum atomic E-state index is 11.9. The fourth-order valence-electron chi connectivity index (χ4n) is 2.44. The maximum Gasteiger partial charge on any atom is 0.516 e. The summed E-state index contributed by atoms with van der Waals surface area (Å²) >= 11 is 0. The van der Waals surface area contributed by atoms with Gasteiger partial charge in [-0.2, -0.15) is 5.06 Å². The van der Waals surface area contributed by atoms with Gasteiger partial charge in [0.2, 0.25) is 0 Å². The molecule has 0 aliphatic carbocycles. The van der Waals surface area contributed by atoms with E-state index in [0.717, 1.165) is 5.06 Å². The lowest BCUT2D eigenvalue weighted by atomic mass is 9.87. The maximum absolute atomic E-state index is 11.9. The normalized spacial score (nSPS) is 25.8. The molecule has 0 bridgehead atoms. The molecule has 1 fully saturated rings. The molecule has 1 N–H and O–H groups in total. The fourth-order valence-corrected chi connectivity index (χ4v) is 2.44. The van der Waals surface area contributed by atoms with Gasteiger partial charge in [0.1, 0.15) is 0 Å². The summed E-state index contributed by atoms with van der Waals surface area (Å²) in [5, 5.41) is 11.2. The van der Waals surface area contributed by atoms with Crippen LogP contribution in [0, 0.1) is 5.92 Å². The molecule has 1 saturated heterocycles. The van der Waals surface area contributed by atoms with Crippen LogP contribution in [0.5, 0.6) is 0 Å². The molecule has 0 spiro atoms. The van der Waals surface area contributed by atoms with Crippen molar-refractivity contribution in [3.63, 3.8) is 0 Å². The lowest BCUT2D eigenvalue weighted by Gasteiger charge is -2.35. The topological polar surface area (TPSA) is 76.1 Å². The van der Waals surface area contributed by atoms with E-state index in [1.807, 2.05) is 13.8 Å². The second kappa shape index (κ2) is 4.85. The molecule has 1 rings (SSSR count). The second-order valence-corrected chi connectivity index (χ2v) is 5.64. The third kappa shape index (κ3) is 2.64.